The van der Waals surface area contributed by atoms with Gasteiger partial charge in [-0.2, -0.15) is 0 Å². The summed E-state index contributed by atoms with van der Waals surface area (Å²) in [5.41, 5.74) is 1.40. The molecule has 1 fully saturated rings. The van der Waals surface area contributed by atoms with Gasteiger partial charge in [0.25, 0.3) is 0 Å². The van der Waals surface area contributed by atoms with E-state index in [4.69, 9.17) is 4.74 Å². The lowest BCUT2D eigenvalue weighted by Gasteiger charge is -2.38. The fraction of sp³-hybridized carbons (Fsp3) is 0.440. The van der Waals surface area contributed by atoms with Gasteiger partial charge in [0.15, 0.2) is 0 Å². The Balaban J connectivity index is 1.68. The number of carbonyl (C=O) groups is 3. The maximum atomic E-state index is 13.0. The third-order valence-corrected chi connectivity index (χ3v) is 5.46. The second kappa shape index (κ2) is 10.0. The molecule has 1 aromatic heterocycles. The van der Waals surface area contributed by atoms with Gasteiger partial charge >= 0.3 is 17.9 Å². The first-order chi connectivity index (χ1) is 15.5. The van der Waals surface area contributed by atoms with Crippen LogP contribution in [0.1, 0.15) is 57.7 Å². The van der Waals surface area contributed by atoms with E-state index >= 15 is 0 Å². The van der Waals surface area contributed by atoms with Gasteiger partial charge in [-0.3, -0.25) is 14.9 Å². The van der Waals surface area contributed by atoms with Crippen molar-refractivity contribution in [1.82, 2.24) is 9.88 Å². The van der Waals surface area contributed by atoms with Crippen molar-refractivity contribution < 1.29 is 19.1 Å². The first kappa shape index (κ1) is 24.2. The van der Waals surface area contributed by atoms with Crippen LogP contribution in [0.4, 0.5) is 16.3 Å². The van der Waals surface area contributed by atoms with Crippen molar-refractivity contribution in [3.05, 3.63) is 53.7 Å². The summed E-state index contributed by atoms with van der Waals surface area (Å²) in [5, 5.41) is 5.23. The van der Waals surface area contributed by atoms with Crippen molar-refractivity contribution in [2.75, 3.05) is 17.2 Å². The van der Waals surface area contributed by atoms with E-state index in [1.165, 1.54) is 6.20 Å². The second-order valence-corrected chi connectivity index (χ2v) is 9.53. The van der Waals surface area contributed by atoms with Crippen LogP contribution in [0.25, 0.3) is 0 Å². The van der Waals surface area contributed by atoms with Crippen LogP contribution in [0, 0.1) is 12.8 Å². The average Bonchev–Trinajstić information content (AvgIpc) is 2.74. The highest BCUT2D eigenvalue weighted by Crippen LogP contribution is 2.34. The molecule has 176 valence electrons. The van der Waals surface area contributed by atoms with Crippen molar-refractivity contribution in [2.24, 2.45) is 5.92 Å². The molecule has 3 amide bonds. The first-order valence-electron chi connectivity index (χ1n) is 11.2. The maximum Gasteiger partial charge on any atom is 0.413 e. The summed E-state index contributed by atoms with van der Waals surface area (Å²) in [4.78, 5) is 43.7. The molecular formula is C25H32N4O4. The van der Waals surface area contributed by atoms with E-state index < -0.39 is 23.5 Å². The minimum Gasteiger partial charge on any atom is -0.444 e. The fourth-order valence-electron chi connectivity index (χ4n) is 3.87. The van der Waals surface area contributed by atoms with Gasteiger partial charge in [-0.05, 0) is 63.6 Å². The monoisotopic (exact) mass is 452 g/mol. The van der Waals surface area contributed by atoms with E-state index in [1.807, 2.05) is 30.3 Å². The molecule has 0 spiro atoms. The summed E-state index contributed by atoms with van der Waals surface area (Å²) in [5.74, 6) is -0.481. The maximum absolute atomic E-state index is 13.0. The number of piperidine rings is 1. The van der Waals surface area contributed by atoms with Crippen LogP contribution < -0.4 is 10.6 Å². The largest absolute Gasteiger partial charge is 0.444 e. The highest BCUT2D eigenvalue weighted by molar-refractivity contribution is 6.39. The normalized spacial score (nSPS) is 18.4. The molecule has 8 heteroatoms. The van der Waals surface area contributed by atoms with Gasteiger partial charge in [-0.25, -0.2) is 9.78 Å². The van der Waals surface area contributed by atoms with E-state index in [2.05, 4.69) is 22.5 Å². The zero-order valence-corrected chi connectivity index (χ0v) is 19.8. The van der Waals surface area contributed by atoms with Crippen molar-refractivity contribution in [2.45, 2.75) is 59.1 Å². The topological polar surface area (TPSA) is 101 Å². The molecule has 0 unspecified atom stereocenters. The van der Waals surface area contributed by atoms with Crippen LogP contribution in [0.3, 0.4) is 0 Å². The minimum atomic E-state index is -0.709. The molecular weight excluding hydrogens is 420 g/mol. The smallest absolute Gasteiger partial charge is 0.413 e. The van der Waals surface area contributed by atoms with Gasteiger partial charge in [0.1, 0.15) is 11.4 Å². The Morgan fingerprint density at radius 2 is 1.82 bits per heavy atom. The van der Waals surface area contributed by atoms with E-state index in [0.717, 1.165) is 18.4 Å². The van der Waals surface area contributed by atoms with E-state index in [1.54, 1.807) is 38.7 Å². The number of pyridine rings is 1. The first-order valence-corrected chi connectivity index (χ1v) is 11.2. The Morgan fingerprint density at radius 1 is 1.12 bits per heavy atom. The van der Waals surface area contributed by atoms with Crippen LogP contribution in [0.2, 0.25) is 0 Å². The number of amides is 3. The summed E-state index contributed by atoms with van der Waals surface area (Å²) < 4.78 is 5.23. The van der Waals surface area contributed by atoms with E-state index in [0.29, 0.717) is 29.5 Å². The Hall–Kier alpha value is -3.42. The van der Waals surface area contributed by atoms with Crippen LogP contribution in [0.5, 0.6) is 0 Å². The van der Waals surface area contributed by atoms with Crippen LogP contribution in [-0.4, -0.2) is 39.9 Å². The summed E-state index contributed by atoms with van der Waals surface area (Å²) in [6.07, 6.45) is 2.46. The highest BCUT2D eigenvalue weighted by Gasteiger charge is 2.34. The van der Waals surface area contributed by atoms with Gasteiger partial charge in [-0.1, -0.05) is 37.3 Å². The van der Waals surface area contributed by atoms with Gasteiger partial charge < -0.3 is 15.0 Å². The number of nitrogens with zero attached hydrogens (tertiary/aromatic N) is 2. The summed E-state index contributed by atoms with van der Waals surface area (Å²) in [6, 6.07) is 11.3. The Bertz CT molecular complexity index is 1020. The van der Waals surface area contributed by atoms with Crippen LogP contribution in [-0.2, 0) is 14.3 Å². The molecule has 1 aliphatic rings. The number of aryl methyl sites for hydroxylation is 1. The molecule has 1 aliphatic heterocycles. The molecule has 2 aromatic rings. The standard InChI is InChI=1S/C25H32N4O4/c1-16-11-12-29(20(13-16)18-9-7-6-8-10-18)23(31)22(30)27-19-14-17(2)21(26-15-19)28-24(32)33-25(3,4)5/h6-10,14-16,20H,11-13H2,1-5H3,(H,27,30)(H,26,28,32)/t16-,20+/m1/s1. The number of likely N-dealkylation sites (tertiary alicyclic amines) is 1. The number of aromatic nitrogens is 1. The number of benzene rings is 1. The van der Waals surface area contributed by atoms with Gasteiger partial charge in [-0.15, -0.1) is 0 Å². The number of ether oxygens (including phenoxy) is 1. The van der Waals surface area contributed by atoms with Crippen molar-refractivity contribution in [3.63, 3.8) is 0 Å². The number of carbonyl (C=O) groups excluding carboxylic acids is 3. The number of nitrogens with one attached hydrogen (secondary N) is 2. The lowest BCUT2D eigenvalue weighted by Crippen LogP contribution is -2.45. The Morgan fingerprint density at radius 3 is 2.45 bits per heavy atom. The van der Waals surface area contributed by atoms with Crippen molar-refractivity contribution >= 4 is 29.4 Å². The molecule has 2 N–H and O–H groups in total. The lowest BCUT2D eigenvalue weighted by atomic mass is 9.88. The molecule has 3 rings (SSSR count). The lowest BCUT2D eigenvalue weighted by molar-refractivity contribution is -0.146. The number of hydrogen-bond acceptors (Lipinski definition) is 5. The third-order valence-electron chi connectivity index (χ3n) is 5.46. The molecule has 0 saturated carbocycles. The summed E-state index contributed by atoms with van der Waals surface area (Å²) in [6.45, 7) is 9.76. The molecule has 0 radical (unpaired) electrons. The van der Waals surface area contributed by atoms with Gasteiger partial charge in [0, 0.05) is 6.54 Å². The van der Waals surface area contributed by atoms with E-state index in [9.17, 15) is 14.4 Å². The van der Waals surface area contributed by atoms with E-state index in [-0.39, 0.29) is 6.04 Å². The van der Waals surface area contributed by atoms with Crippen molar-refractivity contribution in [3.8, 4) is 0 Å². The predicted octanol–water partition coefficient (Wildman–Crippen LogP) is 4.68. The van der Waals surface area contributed by atoms with Crippen LogP contribution >= 0.6 is 0 Å². The third kappa shape index (κ3) is 6.54. The molecule has 1 aromatic carbocycles. The molecule has 0 bridgehead atoms. The Labute approximate surface area is 194 Å². The zero-order chi connectivity index (χ0) is 24.2. The number of rotatable bonds is 3. The molecule has 2 heterocycles. The van der Waals surface area contributed by atoms with Gasteiger partial charge in [0.2, 0.25) is 0 Å². The number of hydrogen-bond donors (Lipinski definition) is 2. The average molecular weight is 453 g/mol. The second-order valence-electron chi connectivity index (χ2n) is 9.53. The molecule has 1 saturated heterocycles. The highest BCUT2D eigenvalue weighted by atomic mass is 16.6. The number of anilines is 2. The Kier molecular flexibility index (Phi) is 7.36. The molecule has 2 atom stereocenters. The molecule has 0 aliphatic carbocycles. The summed E-state index contributed by atoms with van der Waals surface area (Å²) >= 11 is 0. The predicted molar refractivity (Wildman–Crippen MR) is 127 cm³/mol. The zero-order valence-electron chi connectivity index (χ0n) is 19.8. The SMILES string of the molecule is Cc1cc(NC(=O)C(=O)N2CC[C@@H](C)C[C@H]2c2ccccc2)cnc1NC(=O)OC(C)(C)C. The summed E-state index contributed by atoms with van der Waals surface area (Å²) in [7, 11) is 0. The quantitative estimate of drug-likeness (QED) is 0.659. The van der Waals surface area contributed by atoms with Crippen molar-refractivity contribution in [1.29, 1.82) is 0 Å². The van der Waals surface area contributed by atoms with Crippen LogP contribution in [0.15, 0.2) is 42.6 Å². The minimum absolute atomic E-state index is 0.131. The molecule has 8 nitrogen and oxygen atoms in total. The molecule has 33 heavy (non-hydrogen) atoms. The van der Waals surface area contributed by atoms with Gasteiger partial charge in [0.05, 0.1) is 17.9 Å². The fourth-order valence-corrected chi connectivity index (χ4v) is 3.87.